The Hall–Kier alpha value is -2.83. The second kappa shape index (κ2) is 7.83. The molecule has 25 heavy (non-hydrogen) atoms. The van der Waals surface area contributed by atoms with Crippen LogP contribution in [-0.2, 0) is 14.3 Å². The summed E-state index contributed by atoms with van der Waals surface area (Å²) in [4.78, 5) is 19.2. The van der Waals surface area contributed by atoms with Crippen molar-refractivity contribution in [3.63, 3.8) is 0 Å². The van der Waals surface area contributed by atoms with E-state index < -0.39 is 0 Å². The number of hydrogen-bond donors (Lipinski definition) is 0. The minimum Gasteiger partial charge on any atom is -0.466 e. The SMILES string of the molecule is CCOC(=O)CCCOC1=[C+]C=C(n2nnc3cnc(Cl)nc32)C=C1. The van der Waals surface area contributed by atoms with Gasteiger partial charge >= 0.3 is 5.97 Å². The number of aromatic nitrogens is 5. The molecule has 0 amide bonds. The lowest BCUT2D eigenvalue weighted by Gasteiger charge is -2.04. The smallest absolute Gasteiger partial charge is 0.305 e. The number of ether oxygens (including phenoxy) is 2. The summed E-state index contributed by atoms with van der Waals surface area (Å²) < 4.78 is 12.0. The molecule has 0 aliphatic heterocycles. The van der Waals surface area contributed by atoms with Gasteiger partial charge in [-0.15, -0.1) is 9.78 Å². The fourth-order valence-corrected chi connectivity index (χ4v) is 2.27. The van der Waals surface area contributed by atoms with Gasteiger partial charge in [-0.05, 0) is 30.2 Å². The van der Waals surface area contributed by atoms with Crippen molar-refractivity contribution in [2.45, 2.75) is 19.8 Å². The van der Waals surface area contributed by atoms with Crippen molar-refractivity contribution in [2.75, 3.05) is 13.2 Å². The number of rotatable bonds is 7. The fraction of sp³-hybridized carbons (Fsp3) is 0.312. The quantitative estimate of drug-likeness (QED) is 0.324. The molecule has 2 aromatic rings. The predicted molar refractivity (Wildman–Crippen MR) is 90.1 cm³/mol. The van der Waals surface area contributed by atoms with Crippen LogP contribution in [-0.4, -0.2) is 44.1 Å². The monoisotopic (exact) mass is 360 g/mol. The highest BCUT2D eigenvalue weighted by atomic mass is 35.5. The van der Waals surface area contributed by atoms with Crippen LogP contribution in [0.15, 0.2) is 30.2 Å². The average molecular weight is 361 g/mol. The Morgan fingerprint density at radius 3 is 3.04 bits per heavy atom. The highest BCUT2D eigenvalue weighted by Gasteiger charge is 2.18. The summed E-state index contributed by atoms with van der Waals surface area (Å²) in [6.45, 7) is 2.58. The van der Waals surface area contributed by atoms with Crippen LogP contribution >= 0.6 is 11.6 Å². The molecule has 128 valence electrons. The second-order valence-electron chi connectivity index (χ2n) is 5.02. The molecule has 9 heteroatoms. The average Bonchev–Trinajstić information content (AvgIpc) is 3.02. The Balaban J connectivity index is 1.60. The Kier molecular flexibility index (Phi) is 5.33. The number of esters is 1. The van der Waals surface area contributed by atoms with E-state index in [4.69, 9.17) is 21.1 Å². The standard InChI is InChI=1S/C16H15ClN5O3/c1-2-24-14(23)4-3-9-25-12-7-5-11(6-8-12)22-15-13(20-21-22)10-18-16(17)19-15/h5-7,10H,2-4,9H2,1H3/q+1. The van der Waals surface area contributed by atoms with Crippen molar-refractivity contribution in [1.82, 2.24) is 25.0 Å². The summed E-state index contributed by atoms with van der Waals surface area (Å²) in [5, 5.41) is 8.16. The summed E-state index contributed by atoms with van der Waals surface area (Å²) >= 11 is 5.82. The van der Waals surface area contributed by atoms with Crippen molar-refractivity contribution in [3.05, 3.63) is 41.5 Å². The molecule has 1 aliphatic rings. The van der Waals surface area contributed by atoms with Crippen LogP contribution in [0.2, 0.25) is 5.28 Å². The fourth-order valence-electron chi connectivity index (χ4n) is 2.14. The third-order valence-electron chi connectivity index (χ3n) is 3.26. The van der Waals surface area contributed by atoms with Crippen molar-refractivity contribution in [3.8, 4) is 0 Å². The molecule has 0 saturated heterocycles. The minimum absolute atomic E-state index is 0.126. The summed E-state index contributed by atoms with van der Waals surface area (Å²) in [5.74, 6) is 0.355. The molecule has 0 unspecified atom stereocenters. The van der Waals surface area contributed by atoms with Crippen LogP contribution in [0.25, 0.3) is 16.9 Å². The minimum atomic E-state index is -0.218. The number of nitrogens with zero attached hydrogens (tertiary/aromatic N) is 5. The van der Waals surface area contributed by atoms with Crippen LogP contribution in [0.4, 0.5) is 0 Å². The molecule has 0 N–H and O–H groups in total. The maximum Gasteiger partial charge on any atom is 0.305 e. The maximum absolute atomic E-state index is 11.2. The first-order chi connectivity index (χ1) is 12.2. The Morgan fingerprint density at radius 2 is 2.28 bits per heavy atom. The number of carbonyl (C=O) groups is 1. The molecular formula is C16H15ClN5O3+. The summed E-state index contributed by atoms with van der Waals surface area (Å²) in [6, 6.07) is 0. The maximum atomic E-state index is 11.2. The number of allylic oxidation sites excluding steroid dienone is 5. The molecule has 3 rings (SSSR count). The highest BCUT2D eigenvalue weighted by Crippen LogP contribution is 2.19. The molecule has 2 aromatic heterocycles. The third-order valence-corrected chi connectivity index (χ3v) is 3.45. The molecule has 0 spiro atoms. The largest absolute Gasteiger partial charge is 0.466 e. The second-order valence-corrected chi connectivity index (χ2v) is 5.36. The van der Waals surface area contributed by atoms with Gasteiger partial charge in [0.1, 0.15) is 6.08 Å². The van der Waals surface area contributed by atoms with Gasteiger partial charge in [0, 0.05) is 6.42 Å². The first-order valence-corrected chi connectivity index (χ1v) is 8.09. The summed E-state index contributed by atoms with van der Waals surface area (Å²) in [5.41, 5.74) is 1.77. The van der Waals surface area contributed by atoms with E-state index in [1.54, 1.807) is 29.8 Å². The van der Waals surface area contributed by atoms with Crippen molar-refractivity contribution < 1.29 is 14.3 Å². The molecule has 0 radical (unpaired) electrons. The molecule has 0 atom stereocenters. The van der Waals surface area contributed by atoms with E-state index in [2.05, 4.69) is 26.4 Å². The van der Waals surface area contributed by atoms with Gasteiger partial charge in [0.15, 0.2) is 11.2 Å². The summed E-state index contributed by atoms with van der Waals surface area (Å²) in [6.07, 6.45) is 10.7. The van der Waals surface area contributed by atoms with Gasteiger partial charge in [0.05, 0.1) is 37.6 Å². The van der Waals surface area contributed by atoms with E-state index >= 15 is 0 Å². The molecule has 0 aromatic carbocycles. The van der Waals surface area contributed by atoms with Crippen molar-refractivity contribution in [2.24, 2.45) is 0 Å². The Bertz CT molecular complexity index is 872. The van der Waals surface area contributed by atoms with Gasteiger partial charge in [-0.2, -0.15) is 4.98 Å². The topological polar surface area (TPSA) is 92.0 Å². The van der Waals surface area contributed by atoms with E-state index in [-0.39, 0.29) is 11.3 Å². The van der Waals surface area contributed by atoms with Gasteiger partial charge in [-0.1, -0.05) is 0 Å². The summed E-state index contributed by atoms with van der Waals surface area (Å²) in [7, 11) is 0. The van der Waals surface area contributed by atoms with Crippen LogP contribution in [0, 0.1) is 6.08 Å². The Morgan fingerprint density at radius 1 is 1.40 bits per heavy atom. The normalized spacial score (nSPS) is 13.2. The lowest BCUT2D eigenvalue weighted by atomic mass is 10.2. The van der Waals surface area contributed by atoms with E-state index in [1.807, 2.05) is 0 Å². The van der Waals surface area contributed by atoms with E-state index in [0.717, 1.165) is 5.70 Å². The molecule has 0 bridgehead atoms. The van der Waals surface area contributed by atoms with E-state index in [1.165, 1.54) is 6.20 Å². The molecule has 2 heterocycles. The van der Waals surface area contributed by atoms with Crippen LogP contribution < -0.4 is 0 Å². The molecular weight excluding hydrogens is 346 g/mol. The molecule has 1 aliphatic carbocycles. The number of halogens is 1. The van der Waals surface area contributed by atoms with Crippen LogP contribution in [0.3, 0.4) is 0 Å². The van der Waals surface area contributed by atoms with Gasteiger partial charge < -0.3 is 9.47 Å². The van der Waals surface area contributed by atoms with Crippen LogP contribution in [0.5, 0.6) is 0 Å². The lowest BCUT2D eigenvalue weighted by Crippen LogP contribution is -2.06. The zero-order valence-electron chi connectivity index (χ0n) is 13.5. The van der Waals surface area contributed by atoms with E-state index in [9.17, 15) is 4.79 Å². The van der Waals surface area contributed by atoms with Crippen molar-refractivity contribution in [1.29, 1.82) is 0 Å². The molecule has 0 saturated carbocycles. The number of hydrogen-bond acceptors (Lipinski definition) is 7. The zero-order valence-corrected chi connectivity index (χ0v) is 14.2. The lowest BCUT2D eigenvalue weighted by molar-refractivity contribution is -0.143. The number of fused-ring (bicyclic) bond motifs is 1. The van der Waals surface area contributed by atoms with E-state index in [0.29, 0.717) is 43.0 Å². The first-order valence-electron chi connectivity index (χ1n) is 7.72. The van der Waals surface area contributed by atoms with Crippen molar-refractivity contribution >= 4 is 34.4 Å². The molecule has 0 fully saturated rings. The zero-order chi connectivity index (χ0) is 17.6. The van der Waals surface area contributed by atoms with Gasteiger partial charge in [-0.25, -0.2) is 4.98 Å². The van der Waals surface area contributed by atoms with Gasteiger partial charge in [-0.3, -0.25) is 4.79 Å². The highest BCUT2D eigenvalue weighted by molar-refractivity contribution is 6.28. The molecule has 8 nitrogen and oxygen atoms in total. The Labute approximate surface area is 148 Å². The van der Waals surface area contributed by atoms with Gasteiger partial charge in [0.2, 0.25) is 10.9 Å². The third kappa shape index (κ3) is 4.17. The van der Waals surface area contributed by atoms with Crippen LogP contribution in [0.1, 0.15) is 19.8 Å². The first kappa shape index (κ1) is 17.0. The predicted octanol–water partition coefficient (Wildman–Crippen LogP) is 2.33. The number of carbonyl (C=O) groups excluding carboxylic acids is 1. The van der Waals surface area contributed by atoms with Gasteiger partial charge in [0.25, 0.3) is 5.76 Å².